The molecule has 0 aliphatic rings. The first-order valence-corrected chi connectivity index (χ1v) is 3.28. The second-order valence-corrected chi connectivity index (χ2v) is 2.34. The molecule has 4 nitrogen and oxygen atoms in total. The molecule has 3 unspecified atom stereocenters. The Bertz CT molecular complexity index is 83.8. The first-order valence-electron chi connectivity index (χ1n) is 3.28. The van der Waals surface area contributed by atoms with E-state index >= 15 is 0 Å². The minimum absolute atomic E-state index is 0. The van der Waals surface area contributed by atoms with Crippen LogP contribution in [0.4, 0.5) is 0 Å². The second kappa shape index (κ2) is 8.96. The Morgan fingerprint density at radius 1 is 0.833 bits per heavy atom. The van der Waals surface area contributed by atoms with Crippen LogP contribution in [0, 0.1) is 0 Å². The molecule has 74 valence electrons. The number of halogens is 1. The molecule has 0 aliphatic heterocycles. The molecule has 0 radical (unpaired) electrons. The van der Waals surface area contributed by atoms with E-state index in [4.69, 9.17) is 15.3 Å². The van der Waals surface area contributed by atoms with E-state index in [-0.39, 0.29) is 50.1 Å². The average Bonchev–Trinajstić information content (AvgIpc) is 1.59. The van der Waals surface area contributed by atoms with Gasteiger partial charge in [0.2, 0.25) is 0 Å². The zero-order valence-electron chi connectivity index (χ0n) is 6.93. The summed E-state index contributed by atoms with van der Waals surface area (Å²) in [6.45, 7) is 4.46. The monoisotopic (exact) mass is 227 g/mol. The van der Waals surface area contributed by atoms with Gasteiger partial charge in [0.15, 0.2) is 0 Å². The summed E-state index contributed by atoms with van der Waals surface area (Å²) in [6, 6.07) is 0. The second-order valence-electron chi connectivity index (χ2n) is 2.34. The molecule has 0 saturated carbocycles. The van der Waals surface area contributed by atoms with Crippen LogP contribution < -0.4 is 0 Å². The third-order valence-electron chi connectivity index (χ3n) is 1.29. The van der Waals surface area contributed by atoms with Gasteiger partial charge in [-0.1, -0.05) is 0 Å². The van der Waals surface area contributed by atoms with Crippen LogP contribution in [0.15, 0.2) is 0 Å². The molecule has 0 fully saturated rings. The summed E-state index contributed by atoms with van der Waals surface area (Å²) in [7, 11) is 0. The summed E-state index contributed by atoms with van der Waals surface area (Å²) in [6.07, 6.45) is -2.50. The molecule has 12 heavy (non-hydrogen) atoms. The van der Waals surface area contributed by atoms with E-state index in [1.165, 1.54) is 25.7 Å². The van der Waals surface area contributed by atoms with Crippen molar-refractivity contribution < 1.29 is 15.3 Å². The zero-order valence-corrected chi connectivity index (χ0v) is 7.75. The van der Waals surface area contributed by atoms with Crippen molar-refractivity contribution in [2.45, 2.75) is 39.5 Å². The van der Waals surface area contributed by atoms with E-state index < -0.39 is 18.7 Å². The normalized spacial score (nSPS) is 17.2. The standard InChI is InChI=1S/C6H15NO3.Ca.ClH.2H/c1-4(8)7(5(2)9)6(3)10;;;;/h4-6,8-10H,1-3H3;;1H;;. The number of rotatable bonds is 3. The Morgan fingerprint density at radius 2 is 1.00 bits per heavy atom. The van der Waals surface area contributed by atoms with Crippen molar-refractivity contribution >= 4 is 50.1 Å². The summed E-state index contributed by atoms with van der Waals surface area (Å²) < 4.78 is 0. The van der Waals surface area contributed by atoms with Crippen LogP contribution in [0.1, 0.15) is 20.8 Å². The summed E-state index contributed by atoms with van der Waals surface area (Å²) in [4.78, 5) is 1.17. The molecule has 0 aliphatic carbocycles. The Kier molecular flexibility index (Phi) is 14.2. The Labute approximate surface area is 109 Å². The van der Waals surface area contributed by atoms with Gasteiger partial charge >= 0.3 is 37.7 Å². The van der Waals surface area contributed by atoms with Gasteiger partial charge in [-0.15, -0.1) is 12.4 Å². The average molecular weight is 228 g/mol. The molecule has 0 rings (SSSR count). The first kappa shape index (κ1) is 19.0. The van der Waals surface area contributed by atoms with E-state index in [2.05, 4.69) is 0 Å². The summed E-state index contributed by atoms with van der Waals surface area (Å²) >= 11 is 0. The van der Waals surface area contributed by atoms with E-state index in [9.17, 15) is 0 Å². The number of aliphatic hydroxyl groups excluding tert-OH is 3. The van der Waals surface area contributed by atoms with Gasteiger partial charge in [0.25, 0.3) is 0 Å². The van der Waals surface area contributed by atoms with Crippen LogP contribution in [-0.2, 0) is 0 Å². The molecular formula is C6H18CaClNO3. The van der Waals surface area contributed by atoms with E-state index in [0.29, 0.717) is 0 Å². The summed E-state index contributed by atoms with van der Waals surface area (Å²) in [5, 5.41) is 26.9. The van der Waals surface area contributed by atoms with Crippen LogP contribution in [0.2, 0.25) is 0 Å². The summed E-state index contributed by atoms with van der Waals surface area (Å²) in [5.74, 6) is 0. The molecule has 0 aromatic heterocycles. The maximum absolute atomic E-state index is 8.96. The first-order chi connectivity index (χ1) is 4.46. The quantitative estimate of drug-likeness (QED) is 0.419. The Morgan fingerprint density at radius 3 is 1.00 bits per heavy atom. The van der Waals surface area contributed by atoms with Crippen LogP contribution >= 0.6 is 12.4 Å². The van der Waals surface area contributed by atoms with Crippen molar-refractivity contribution in [2.24, 2.45) is 0 Å². The van der Waals surface area contributed by atoms with Crippen molar-refractivity contribution in [2.75, 3.05) is 0 Å². The van der Waals surface area contributed by atoms with Crippen molar-refractivity contribution in [3.05, 3.63) is 0 Å². The third kappa shape index (κ3) is 6.86. The Hall–Kier alpha value is 1.39. The van der Waals surface area contributed by atoms with E-state index in [1.807, 2.05) is 0 Å². The number of hydrogen-bond donors (Lipinski definition) is 3. The molecule has 0 bridgehead atoms. The zero-order chi connectivity index (χ0) is 8.31. The van der Waals surface area contributed by atoms with Crippen molar-refractivity contribution in [1.29, 1.82) is 0 Å². The molecular weight excluding hydrogens is 210 g/mol. The van der Waals surface area contributed by atoms with Gasteiger partial charge in [0, 0.05) is 0 Å². The Balaban J connectivity index is -0.000000405. The number of nitrogens with zero attached hydrogens (tertiary/aromatic N) is 1. The van der Waals surface area contributed by atoms with Crippen LogP contribution in [0.5, 0.6) is 0 Å². The molecule has 0 aromatic carbocycles. The maximum atomic E-state index is 8.96. The van der Waals surface area contributed by atoms with Gasteiger partial charge in [0.05, 0.1) is 0 Å². The van der Waals surface area contributed by atoms with E-state index in [0.717, 1.165) is 0 Å². The fourth-order valence-corrected chi connectivity index (χ4v) is 0.937. The molecule has 3 N–H and O–H groups in total. The van der Waals surface area contributed by atoms with Crippen molar-refractivity contribution in [3.8, 4) is 0 Å². The minimum atomic E-state index is -0.833. The molecule has 0 amide bonds. The van der Waals surface area contributed by atoms with Crippen molar-refractivity contribution in [1.82, 2.24) is 4.90 Å². The van der Waals surface area contributed by atoms with Crippen molar-refractivity contribution in [3.63, 3.8) is 0 Å². The van der Waals surface area contributed by atoms with Crippen LogP contribution in [0.3, 0.4) is 0 Å². The van der Waals surface area contributed by atoms with Gasteiger partial charge in [-0.3, -0.25) is 0 Å². The van der Waals surface area contributed by atoms with Gasteiger partial charge in [-0.25, -0.2) is 4.90 Å². The van der Waals surface area contributed by atoms with E-state index in [1.54, 1.807) is 0 Å². The molecule has 3 atom stereocenters. The van der Waals surface area contributed by atoms with Gasteiger partial charge in [-0.2, -0.15) is 0 Å². The van der Waals surface area contributed by atoms with Gasteiger partial charge in [-0.05, 0) is 20.8 Å². The van der Waals surface area contributed by atoms with Gasteiger partial charge < -0.3 is 15.3 Å². The predicted molar refractivity (Wildman–Crippen MR) is 52.7 cm³/mol. The van der Waals surface area contributed by atoms with Crippen LogP contribution in [-0.4, -0.2) is 76.6 Å². The SMILES string of the molecule is CC(O)N(C(C)O)C(C)O.Cl.[CaH2]. The summed E-state index contributed by atoms with van der Waals surface area (Å²) in [5.41, 5.74) is 0. The molecule has 0 aromatic rings. The molecule has 6 heteroatoms. The molecule has 0 spiro atoms. The van der Waals surface area contributed by atoms with Gasteiger partial charge in [0.1, 0.15) is 18.7 Å². The third-order valence-corrected chi connectivity index (χ3v) is 1.29. The fourth-order valence-electron chi connectivity index (χ4n) is 0.937. The molecule has 0 heterocycles. The predicted octanol–water partition coefficient (Wildman–Crippen LogP) is -1.19. The number of hydrogen-bond acceptors (Lipinski definition) is 4. The topological polar surface area (TPSA) is 63.9 Å². The van der Waals surface area contributed by atoms with Crippen LogP contribution in [0.25, 0.3) is 0 Å². The molecule has 0 saturated heterocycles. The fraction of sp³-hybridized carbons (Fsp3) is 1.00. The number of aliphatic hydroxyl groups is 3.